The number of aryl methyl sites for hydroxylation is 2. The van der Waals surface area contributed by atoms with Crippen LogP contribution in [0, 0.1) is 19.3 Å². The van der Waals surface area contributed by atoms with E-state index in [1.165, 1.54) is 11.1 Å². The molecule has 2 aromatic heterocycles. The largest absolute Gasteiger partial charge is 0.495 e. The Balaban J connectivity index is 0.950. The molecule has 0 radical (unpaired) electrons. The zero-order chi connectivity index (χ0) is 52.5. The quantitative estimate of drug-likeness (QED) is 0.0351. The number of thiazole rings is 1. The molecule has 20 heteroatoms. The molecule has 1 aliphatic heterocycles. The van der Waals surface area contributed by atoms with Crippen LogP contribution in [0.4, 0.5) is 23.1 Å². The number of aliphatic hydroxyl groups excluding tert-OH is 1. The number of benzene rings is 3. The molecule has 0 saturated carbocycles. The number of aliphatic hydroxyl groups is 1. The zero-order valence-electron chi connectivity index (χ0n) is 42.7. The van der Waals surface area contributed by atoms with Gasteiger partial charge in [0, 0.05) is 38.3 Å². The smallest absolute Gasteiger partial charge is 0.246 e. The van der Waals surface area contributed by atoms with Crippen molar-refractivity contribution in [1.82, 2.24) is 35.4 Å². The Morgan fingerprint density at radius 2 is 1.69 bits per heavy atom. The monoisotopic (exact) mass is 1040 g/mol. The third kappa shape index (κ3) is 14.4. The van der Waals surface area contributed by atoms with Gasteiger partial charge >= 0.3 is 0 Å². The first-order valence-electron chi connectivity index (χ1n) is 23.8. The lowest BCUT2D eigenvalue weighted by molar-refractivity contribution is -0.144. The number of carbonyl (C=O) groups excluding carboxylic acids is 4. The number of para-hydroxylation sites is 1. The number of hydrogen-bond acceptors (Lipinski definition) is 14. The summed E-state index contributed by atoms with van der Waals surface area (Å²) in [4.78, 5) is 71.5. The van der Waals surface area contributed by atoms with Gasteiger partial charge in [-0.2, -0.15) is 4.98 Å². The third-order valence-electron chi connectivity index (χ3n) is 12.5. The number of halogens is 1. The topological polar surface area (TPSA) is 217 Å². The zero-order valence-corrected chi connectivity index (χ0v) is 45.1. The number of nitrogens with one attached hydrogen (secondary N) is 4. The summed E-state index contributed by atoms with van der Waals surface area (Å²) in [6.07, 6.45) is 1.25. The van der Waals surface area contributed by atoms with Crippen LogP contribution in [-0.2, 0) is 34.9 Å². The predicted octanol–water partition coefficient (Wildman–Crippen LogP) is 7.78. The Bertz CT molecular complexity index is 2780. The number of nitrogens with zero attached hydrogens (tertiary/aromatic N) is 5. The number of carbonyl (C=O) groups is 4. The molecule has 4 atom stereocenters. The number of ether oxygens (including phenoxy) is 2. The Hall–Kier alpha value is -5.91. The molecule has 17 nitrogen and oxygen atoms in total. The molecule has 386 valence electrons. The standard InChI is InChI=1S/C52H67ClN9O8PS/c1-31-25-40(58-51-54-28-38(53)48(60-51)57-39-13-11-12-14-43(39)71(9,10)68)42(69-8)26-36(31)19-22-61(7)45(65)21-24-70-23-20-44(64)59-47(52(4,5)6)50(67)62-29-37(63)27-41(62)49(66)56-32(2)34-15-17-35(18-16-34)46-33(3)55-30-72-46/h11-18,25-26,28,30,32,37,41,47,63H,19-24,27,29H2,1-10H3,(H,56,66)(H,59,64)(H2,54,57,58,60)/t32-,37+,41-,47+/m0/s1. The van der Waals surface area contributed by atoms with Gasteiger partial charge in [-0.1, -0.05) is 68.8 Å². The first-order chi connectivity index (χ1) is 34.0. The number of anilines is 4. The Labute approximate surface area is 431 Å². The summed E-state index contributed by atoms with van der Waals surface area (Å²) in [6, 6.07) is 16.8. The second-order valence-electron chi connectivity index (χ2n) is 19.5. The molecule has 1 saturated heterocycles. The van der Waals surface area contributed by atoms with Crippen LogP contribution in [0.2, 0.25) is 5.02 Å². The molecular formula is C52H67ClN9O8PS. The van der Waals surface area contributed by atoms with Crippen LogP contribution in [0.1, 0.15) is 75.4 Å². The Kier molecular flexibility index (Phi) is 18.6. The maximum atomic E-state index is 14.1. The van der Waals surface area contributed by atoms with Crippen molar-refractivity contribution in [1.29, 1.82) is 0 Å². The Morgan fingerprint density at radius 1 is 0.986 bits per heavy atom. The minimum atomic E-state index is -2.60. The first kappa shape index (κ1) is 55.4. The van der Waals surface area contributed by atoms with Gasteiger partial charge < -0.3 is 50.2 Å². The molecule has 6 rings (SSSR count). The minimum absolute atomic E-state index is 0.0249. The summed E-state index contributed by atoms with van der Waals surface area (Å²) in [5.41, 5.74) is 7.15. The molecule has 72 heavy (non-hydrogen) atoms. The molecule has 5 N–H and O–H groups in total. The molecule has 0 unspecified atom stereocenters. The predicted molar refractivity (Wildman–Crippen MR) is 285 cm³/mol. The fraction of sp³-hybridized carbons (Fsp3) is 0.442. The number of methoxy groups -OCH3 is 1. The highest BCUT2D eigenvalue weighted by Gasteiger charge is 2.44. The van der Waals surface area contributed by atoms with Crippen LogP contribution in [-0.4, -0.2) is 125 Å². The lowest BCUT2D eigenvalue weighted by Gasteiger charge is -2.35. The van der Waals surface area contributed by atoms with Gasteiger partial charge in [0.25, 0.3) is 0 Å². The maximum absolute atomic E-state index is 14.1. The number of likely N-dealkylation sites (tertiary alicyclic amines) is 1. The molecule has 5 aromatic rings. The van der Waals surface area contributed by atoms with Gasteiger partial charge in [0.2, 0.25) is 29.6 Å². The summed E-state index contributed by atoms with van der Waals surface area (Å²) < 4.78 is 24.4. The van der Waals surface area contributed by atoms with E-state index in [-0.39, 0.29) is 67.8 Å². The van der Waals surface area contributed by atoms with E-state index in [1.807, 2.05) is 108 Å². The summed E-state index contributed by atoms with van der Waals surface area (Å²) >= 11 is 8.04. The minimum Gasteiger partial charge on any atom is -0.495 e. The van der Waals surface area contributed by atoms with Crippen molar-refractivity contribution in [3.63, 3.8) is 0 Å². The van der Waals surface area contributed by atoms with Crippen molar-refractivity contribution in [3.05, 3.63) is 99.8 Å². The van der Waals surface area contributed by atoms with E-state index in [0.717, 1.165) is 32.8 Å². The van der Waals surface area contributed by atoms with E-state index in [4.69, 9.17) is 21.1 Å². The normalized spacial score (nSPS) is 15.6. The van der Waals surface area contributed by atoms with Gasteiger partial charge in [0.15, 0.2) is 5.82 Å². The molecule has 1 aliphatic rings. The van der Waals surface area contributed by atoms with Gasteiger partial charge in [0.1, 0.15) is 30.0 Å². The van der Waals surface area contributed by atoms with Crippen molar-refractivity contribution in [2.45, 2.75) is 91.5 Å². The van der Waals surface area contributed by atoms with Crippen molar-refractivity contribution in [2.24, 2.45) is 5.41 Å². The van der Waals surface area contributed by atoms with Crippen molar-refractivity contribution >= 4 is 82.2 Å². The second-order valence-corrected chi connectivity index (χ2v) is 24.0. The number of rotatable bonds is 21. The Morgan fingerprint density at radius 3 is 2.36 bits per heavy atom. The third-order valence-corrected chi connectivity index (χ3v) is 15.3. The molecule has 0 bridgehead atoms. The van der Waals surface area contributed by atoms with E-state index in [0.29, 0.717) is 41.2 Å². The van der Waals surface area contributed by atoms with Gasteiger partial charge in [-0.05, 0) is 92.5 Å². The van der Waals surface area contributed by atoms with Crippen LogP contribution in [0.25, 0.3) is 10.4 Å². The first-order valence-corrected chi connectivity index (χ1v) is 27.7. The lowest BCUT2D eigenvalue weighted by Crippen LogP contribution is -2.58. The number of aromatic nitrogens is 3. The van der Waals surface area contributed by atoms with Gasteiger partial charge in [-0.15, -0.1) is 11.3 Å². The van der Waals surface area contributed by atoms with E-state index >= 15 is 0 Å². The lowest BCUT2D eigenvalue weighted by atomic mass is 9.85. The van der Waals surface area contributed by atoms with Gasteiger partial charge in [0.05, 0.1) is 72.5 Å². The van der Waals surface area contributed by atoms with Gasteiger partial charge in [-0.25, -0.2) is 9.97 Å². The number of hydrogen-bond donors (Lipinski definition) is 5. The number of amides is 4. The number of β-amino-alcohol motifs (C(OH)–C–C–N with tert-alkyl or cyclic N) is 1. The highest BCUT2D eigenvalue weighted by Crippen LogP contribution is 2.39. The fourth-order valence-corrected chi connectivity index (χ4v) is 10.5. The molecular weight excluding hydrogens is 977 g/mol. The van der Waals surface area contributed by atoms with Crippen LogP contribution in [0.15, 0.2) is 72.4 Å². The van der Waals surface area contributed by atoms with Crippen LogP contribution in [0.3, 0.4) is 0 Å². The van der Waals surface area contributed by atoms with Crippen molar-refractivity contribution in [3.8, 4) is 16.2 Å². The molecule has 0 spiro atoms. The highest BCUT2D eigenvalue weighted by atomic mass is 35.5. The average molecular weight is 1040 g/mol. The second kappa shape index (κ2) is 24.2. The fourth-order valence-electron chi connectivity index (χ4n) is 8.36. The summed E-state index contributed by atoms with van der Waals surface area (Å²) in [5, 5.41) is 23.9. The van der Waals surface area contributed by atoms with E-state index in [2.05, 4.69) is 36.2 Å². The maximum Gasteiger partial charge on any atom is 0.246 e. The molecule has 3 aromatic carbocycles. The summed E-state index contributed by atoms with van der Waals surface area (Å²) in [6.45, 7) is 15.2. The van der Waals surface area contributed by atoms with Crippen molar-refractivity contribution < 1.29 is 38.3 Å². The summed E-state index contributed by atoms with van der Waals surface area (Å²) in [7, 11) is 0.691. The average Bonchev–Trinajstić information content (AvgIpc) is 3.95. The molecule has 0 aliphatic carbocycles. The van der Waals surface area contributed by atoms with Gasteiger partial charge in [-0.3, -0.25) is 19.2 Å². The SMILES string of the molecule is COc1cc(CCN(C)C(=O)CCOCCC(=O)N[C@H](C(=O)N2C[C@H](O)C[C@H]2C(=O)N[C@@H](C)c2ccc(-c3scnc3C)cc2)C(C)(C)C)c(C)cc1Nc1ncc(Cl)c(Nc2ccccc2P(C)(C)=O)n1. The van der Waals surface area contributed by atoms with E-state index < -0.39 is 42.6 Å². The molecule has 3 heterocycles. The summed E-state index contributed by atoms with van der Waals surface area (Å²) in [5.74, 6) is -0.242. The van der Waals surface area contributed by atoms with Crippen molar-refractivity contribution in [2.75, 3.05) is 64.4 Å². The van der Waals surface area contributed by atoms with E-state index in [1.54, 1.807) is 43.7 Å². The van der Waals surface area contributed by atoms with Crippen LogP contribution < -0.4 is 31.3 Å². The van der Waals surface area contributed by atoms with Crippen LogP contribution >= 0.6 is 30.1 Å². The van der Waals surface area contributed by atoms with Crippen LogP contribution in [0.5, 0.6) is 5.75 Å². The molecule has 4 amide bonds. The number of likely N-dealkylation sites (N-methyl/N-ethyl adjacent to an activating group) is 1. The van der Waals surface area contributed by atoms with E-state index in [9.17, 15) is 28.8 Å². The molecule has 1 fully saturated rings. The highest BCUT2D eigenvalue weighted by molar-refractivity contribution is 7.70.